The van der Waals surface area contributed by atoms with Crippen molar-refractivity contribution < 1.29 is 4.74 Å². The van der Waals surface area contributed by atoms with Crippen LogP contribution in [0.2, 0.25) is 0 Å². The maximum atomic E-state index is 5.36. The van der Waals surface area contributed by atoms with E-state index in [2.05, 4.69) is 53.3 Å². The minimum absolute atomic E-state index is 0.508. The zero-order valence-corrected chi connectivity index (χ0v) is 15.2. The van der Waals surface area contributed by atoms with Crippen molar-refractivity contribution in [2.24, 2.45) is 0 Å². The molecule has 2 aromatic heterocycles. The van der Waals surface area contributed by atoms with Crippen molar-refractivity contribution in [3.8, 4) is 28.3 Å². The summed E-state index contributed by atoms with van der Waals surface area (Å²) in [7, 11) is 1.67. The average Bonchev–Trinajstić information content (AvgIpc) is 3.12. The quantitative estimate of drug-likeness (QED) is 0.538. The second-order valence-corrected chi connectivity index (χ2v) is 6.66. The van der Waals surface area contributed by atoms with E-state index in [0.29, 0.717) is 5.92 Å². The van der Waals surface area contributed by atoms with E-state index in [1.807, 2.05) is 36.5 Å². The molecule has 0 unspecified atom stereocenters. The molecule has 26 heavy (non-hydrogen) atoms. The van der Waals surface area contributed by atoms with E-state index in [1.54, 1.807) is 7.11 Å². The molecule has 130 valence electrons. The molecule has 4 heteroatoms. The Morgan fingerprint density at radius 2 is 1.73 bits per heavy atom. The van der Waals surface area contributed by atoms with Crippen molar-refractivity contribution in [1.82, 2.24) is 15.2 Å². The number of rotatable bonds is 4. The molecule has 2 heterocycles. The second kappa shape index (κ2) is 6.64. The van der Waals surface area contributed by atoms with Gasteiger partial charge in [0.1, 0.15) is 11.4 Å². The summed E-state index contributed by atoms with van der Waals surface area (Å²) in [5, 5.41) is 8.71. The third kappa shape index (κ3) is 2.84. The lowest BCUT2D eigenvalue weighted by Gasteiger charge is -2.08. The zero-order valence-electron chi connectivity index (χ0n) is 15.2. The molecular weight excluding hydrogens is 322 g/mol. The first-order chi connectivity index (χ1) is 12.7. The number of benzene rings is 2. The molecule has 0 saturated carbocycles. The Labute approximate surface area is 152 Å². The maximum Gasteiger partial charge on any atom is 0.119 e. The van der Waals surface area contributed by atoms with Crippen LogP contribution in [0.4, 0.5) is 0 Å². The summed E-state index contributed by atoms with van der Waals surface area (Å²) in [6.45, 7) is 4.40. The van der Waals surface area contributed by atoms with Gasteiger partial charge in [0, 0.05) is 17.3 Å². The Kier molecular flexibility index (Phi) is 4.17. The lowest BCUT2D eigenvalue weighted by molar-refractivity contribution is 0.415. The van der Waals surface area contributed by atoms with Crippen LogP contribution in [0.25, 0.3) is 33.4 Å². The summed E-state index contributed by atoms with van der Waals surface area (Å²) in [5.41, 5.74) is 6.20. The lowest BCUT2D eigenvalue weighted by atomic mass is 9.98. The molecule has 0 spiro atoms. The van der Waals surface area contributed by atoms with E-state index in [9.17, 15) is 0 Å². The fraction of sp³-hybridized carbons (Fsp3) is 0.182. The van der Waals surface area contributed by atoms with Crippen molar-refractivity contribution in [2.45, 2.75) is 19.8 Å². The number of methoxy groups -OCH3 is 1. The molecule has 0 atom stereocenters. The molecule has 0 aliphatic carbocycles. The van der Waals surface area contributed by atoms with Gasteiger partial charge in [0.2, 0.25) is 0 Å². The molecule has 2 aromatic carbocycles. The molecule has 0 saturated heterocycles. The highest BCUT2D eigenvalue weighted by molar-refractivity contribution is 6.02. The van der Waals surface area contributed by atoms with Crippen LogP contribution in [0.1, 0.15) is 25.3 Å². The standard InChI is InChI=1S/C22H21N3O/c1-14(2)15-7-9-16(10-8-15)21-20-19(11-12-23-21)24-25-22(20)17-5-4-6-18(13-17)26-3/h4-14H,1-3H3,(H,24,25). The SMILES string of the molecule is COc1cccc(-c2n[nH]c3ccnc(-c4ccc(C(C)C)cc4)c23)c1. The van der Waals surface area contributed by atoms with Gasteiger partial charge in [-0.1, -0.05) is 50.2 Å². The predicted octanol–water partition coefficient (Wildman–Crippen LogP) is 5.42. The van der Waals surface area contributed by atoms with Gasteiger partial charge in [-0.3, -0.25) is 10.1 Å². The summed E-state index contributed by atoms with van der Waals surface area (Å²) in [5.74, 6) is 1.32. The highest BCUT2D eigenvalue weighted by Crippen LogP contribution is 2.34. The van der Waals surface area contributed by atoms with E-state index in [0.717, 1.165) is 39.2 Å². The lowest BCUT2D eigenvalue weighted by Crippen LogP contribution is -1.90. The van der Waals surface area contributed by atoms with Gasteiger partial charge in [0.25, 0.3) is 0 Å². The average molecular weight is 343 g/mol. The number of hydrogen-bond acceptors (Lipinski definition) is 3. The molecule has 0 bridgehead atoms. The van der Waals surface area contributed by atoms with Crippen LogP contribution in [0, 0.1) is 0 Å². The van der Waals surface area contributed by atoms with Gasteiger partial charge in [-0.15, -0.1) is 0 Å². The molecule has 0 fully saturated rings. The van der Waals surface area contributed by atoms with Gasteiger partial charge in [-0.2, -0.15) is 5.10 Å². The van der Waals surface area contributed by atoms with Crippen LogP contribution in [0.15, 0.2) is 60.8 Å². The molecule has 4 aromatic rings. The normalized spacial score (nSPS) is 11.2. The Hall–Kier alpha value is -3.14. The van der Waals surface area contributed by atoms with Gasteiger partial charge >= 0.3 is 0 Å². The Morgan fingerprint density at radius 3 is 2.46 bits per heavy atom. The smallest absolute Gasteiger partial charge is 0.119 e. The zero-order chi connectivity index (χ0) is 18.1. The molecule has 0 aliphatic rings. The van der Waals surface area contributed by atoms with Crippen LogP contribution in [-0.2, 0) is 0 Å². The second-order valence-electron chi connectivity index (χ2n) is 6.66. The Morgan fingerprint density at radius 1 is 0.923 bits per heavy atom. The first-order valence-corrected chi connectivity index (χ1v) is 8.75. The van der Waals surface area contributed by atoms with Gasteiger partial charge < -0.3 is 4.74 Å². The van der Waals surface area contributed by atoms with E-state index < -0.39 is 0 Å². The maximum absolute atomic E-state index is 5.36. The van der Waals surface area contributed by atoms with Crippen molar-refractivity contribution in [3.05, 3.63) is 66.4 Å². The number of aromatic nitrogens is 3. The summed E-state index contributed by atoms with van der Waals surface area (Å²) >= 11 is 0. The van der Waals surface area contributed by atoms with Gasteiger partial charge in [-0.05, 0) is 29.7 Å². The predicted molar refractivity (Wildman–Crippen MR) is 105 cm³/mol. The van der Waals surface area contributed by atoms with Gasteiger partial charge in [0.05, 0.1) is 23.7 Å². The Bertz CT molecular complexity index is 1050. The number of H-pyrrole nitrogens is 1. The van der Waals surface area contributed by atoms with Crippen molar-refractivity contribution in [3.63, 3.8) is 0 Å². The fourth-order valence-corrected chi connectivity index (χ4v) is 3.19. The number of ether oxygens (including phenoxy) is 1. The summed E-state index contributed by atoms with van der Waals surface area (Å²) < 4.78 is 5.36. The van der Waals surface area contributed by atoms with Gasteiger partial charge in [-0.25, -0.2) is 0 Å². The van der Waals surface area contributed by atoms with Crippen molar-refractivity contribution in [2.75, 3.05) is 7.11 Å². The summed E-state index contributed by atoms with van der Waals surface area (Å²) in [4.78, 5) is 4.66. The van der Waals surface area contributed by atoms with E-state index in [-0.39, 0.29) is 0 Å². The summed E-state index contributed by atoms with van der Waals surface area (Å²) in [6, 6.07) is 18.5. The van der Waals surface area contributed by atoms with Crippen molar-refractivity contribution >= 4 is 10.9 Å². The number of pyridine rings is 1. The van der Waals surface area contributed by atoms with Crippen LogP contribution >= 0.6 is 0 Å². The monoisotopic (exact) mass is 343 g/mol. The van der Waals surface area contributed by atoms with Gasteiger partial charge in [0.15, 0.2) is 0 Å². The molecule has 0 amide bonds. The molecule has 4 rings (SSSR count). The van der Waals surface area contributed by atoms with E-state index in [4.69, 9.17) is 4.74 Å². The minimum Gasteiger partial charge on any atom is -0.497 e. The first kappa shape index (κ1) is 16.3. The van der Waals surface area contributed by atoms with Crippen LogP contribution in [0.5, 0.6) is 5.75 Å². The molecule has 0 aliphatic heterocycles. The number of nitrogens with zero attached hydrogens (tertiary/aromatic N) is 2. The number of nitrogens with one attached hydrogen (secondary N) is 1. The van der Waals surface area contributed by atoms with Crippen LogP contribution in [0.3, 0.4) is 0 Å². The molecular formula is C22H21N3O. The number of hydrogen-bond donors (Lipinski definition) is 1. The van der Waals surface area contributed by atoms with E-state index in [1.165, 1.54) is 5.56 Å². The third-order valence-electron chi connectivity index (χ3n) is 4.67. The minimum atomic E-state index is 0.508. The molecule has 0 radical (unpaired) electrons. The first-order valence-electron chi connectivity index (χ1n) is 8.75. The third-order valence-corrected chi connectivity index (χ3v) is 4.67. The number of aromatic amines is 1. The van der Waals surface area contributed by atoms with Crippen molar-refractivity contribution in [1.29, 1.82) is 0 Å². The fourth-order valence-electron chi connectivity index (χ4n) is 3.19. The van der Waals surface area contributed by atoms with Crippen LogP contribution < -0.4 is 4.74 Å². The highest BCUT2D eigenvalue weighted by atomic mass is 16.5. The highest BCUT2D eigenvalue weighted by Gasteiger charge is 2.15. The molecule has 4 nitrogen and oxygen atoms in total. The summed E-state index contributed by atoms with van der Waals surface area (Å²) in [6.07, 6.45) is 1.82. The topological polar surface area (TPSA) is 50.8 Å². The van der Waals surface area contributed by atoms with Crippen LogP contribution in [-0.4, -0.2) is 22.3 Å². The molecule has 1 N–H and O–H groups in total. The Balaban J connectivity index is 1.89. The number of fused-ring (bicyclic) bond motifs is 1. The largest absolute Gasteiger partial charge is 0.497 e. The van der Waals surface area contributed by atoms with E-state index >= 15 is 0 Å².